The number of sulfonamides is 1. The van der Waals surface area contributed by atoms with E-state index >= 15 is 0 Å². The maximum absolute atomic E-state index is 14.2. The zero-order valence-electron chi connectivity index (χ0n) is 18.4. The summed E-state index contributed by atoms with van der Waals surface area (Å²) < 4.78 is 52.2. The maximum atomic E-state index is 14.2. The van der Waals surface area contributed by atoms with Crippen LogP contribution in [0, 0.1) is 5.82 Å². The SMILES string of the molecule is C[C@@H]1C[C@H](NS(C)(=O)=O)[C@@H]2COC3CCC(CC3)c3ccc(F)c(n3)NCCOC(=O)N12. The Morgan fingerprint density at radius 1 is 1.25 bits per heavy atom. The van der Waals surface area contributed by atoms with Crippen LogP contribution in [-0.2, 0) is 19.5 Å². The molecular formula is C21H31FN4O5S. The Morgan fingerprint density at radius 2 is 2.00 bits per heavy atom. The number of carbonyl (C=O) groups excluding carboxylic acids is 1. The predicted molar refractivity (Wildman–Crippen MR) is 116 cm³/mol. The lowest BCUT2D eigenvalue weighted by Crippen LogP contribution is -2.50. The molecule has 1 saturated heterocycles. The summed E-state index contributed by atoms with van der Waals surface area (Å²) in [6.07, 6.45) is 4.47. The molecule has 32 heavy (non-hydrogen) atoms. The smallest absolute Gasteiger partial charge is 0.410 e. The summed E-state index contributed by atoms with van der Waals surface area (Å²) in [5.74, 6) is -0.0423. The van der Waals surface area contributed by atoms with Crippen LogP contribution in [0.5, 0.6) is 0 Å². The lowest BCUT2D eigenvalue weighted by atomic mass is 9.85. The lowest BCUT2D eigenvalue weighted by Gasteiger charge is -2.33. The molecule has 0 spiro atoms. The molecule has 3 atom stereocenters. The van der Waals surface area contributed by atoms with Crippen molar-refractivity contribution in [1.29, 1.82) is 0 Å². The quantitative estimate of drug-likeness (QED) is 0.682. The van der Waals surface area contributed by atoms with E-state index in [1.807, 2.05) is 6.92 Å². The highest BCUT2D eigenvalue weighted by molar-refractivity contribution is 7.88. The average Bonchev–Trinajstić information content (AvgIpc) is 3.03. The van der Waals surface area contributed by atoms with Crippen molar-refractivity contribution < 1.29 is 27.1 Å². The van der Waals surface area contributed by atoms with Gasteiger partial charge in [0.1, 0.15) is 6.61 Å². The molecule has 0 unspecified atom stereocenters. The first-order valence-corrected chi connectivity index (χ1v) is 13.0. The molecule has 4 heterocycles. The number of nitrogens with one attached hydrogen (secondary N) is 2. The number of amides is 1. The summed E-state index contributed by atoms with van der Waals surface area (Å²) >= 11 is 0. The monoisotopic (exact) mass is 470 g/mol. The van der Waals surface area contributed by atoms with Crippen LogP contribution in [0.1, 0.15) is 50.6 Å². The number of rotatable bonds is 2. The summed E-state index contributed by atoms with van der Waals surface area (Å²) in [7, 11) is -3.45. The van der Waals surface area contributed by atoms with Crippen LogP contribution in [0.25, 0.3) is 0 Å². The molecule has 4 aliphatic rings. The van der Waals surface area contributed by atoms with Crippen molar-refractivity contribution in [3.05, 3.63) is 23.6 Å². The largest absolute Gasteiger partial charge is 0.448 e. The van der Waals surface area contributed by atoms with E-state index in [2.05, 4.69) is 15.0 Å². The van der Waals surface area contributed by atoms with Gasteiger partial charge in [0.25, 0.3) is 0 Å². The zero-order valence-corrected chi connectivity index (χ0v) is 19.2. The van der Waals surface area contributed by atoms with E-state index in [4.69, 9.17) is 9.47 Å². The molecule has 1 saturated carbocycles. The van der Waals surface area contributed by atoms with E-state index in [0.717, 1.165) is 37.6 Å². The van der Waals surface area contributed by atoms with Crippen molar-refractivity contribution in [2.45, 2.75) is 69.2 Å². The van der Waals surface area contributed by atoms with Gasteiger partial charge >= 0.3 is 6.09 Å². The number of hydrogen-bond donors (Lipinski definition) is 2. The van der Waals surface area contributed by atoms with Crippen LogP contribution in [0.3, 0.4) is 0 Å². The highest BCUT2D eigenvalue weighted by atomic mass is 32.2. The fourth-order valence-corrected chi connectivity index (χ4v) is 5.83. The van der Waals surface area contributed by atoms with Gasteiger partial charge in [-0.25, -0.2) is 27.3 Å². The third kappa shape index (κ3) is 5.32. The fraction of sp³-hybridized carbons (Fsp3) is 0.714. The molecule has 11 heteroatoms. The predicted octanol–water partition coefficient (Wildman–Crippen LogP) is 2.21. The molecule has 2 N–H and O–H groups in total. The second kappa shape index (κ2) is 9.48. The van der Waals surface area contributed by atoms with Gasteiger partial charge in [0.05, 0.1) is 31.6 Å². The van der Waals surface area contributed by atoms with Crippen molar-refractivity contribution in [2.75, 3.05) is 31.3 Å². The van der Waals surface area contributed by atoms with E-state index in [1.165, 1.54) is 6.07 Å². The standard InChI is InChI=1S/C21H31FN4O5S/c1-13-11-18(25-32(2,28)29)19-12-31-15-5-3-14(4-6-15)17-8-7-16(22)20(24-17)23-9-10-30-21(27)26(13)19/h7-8,13-15,18-19,25H,3-6,9-12H2,1-2H3,(H,23,24)/t13-,14?,15?,18+,19+/m1/s1. The number of halogens is 1. The number of ether oxygens (including phenoxy) is 2. The second-order valence-corrected chi connectivity index (χ2v) is 10.8. The van der Waals surface area contributed by atoms with E-state index in [9.17, 15) is 17.6 Å². The highest BCUT2D eigenvalue weighted by Crippen LogP contribution is 2.35. The Bertz CT molecular complexity index is 938. The summed E-state index contributed by atoms with van der Waals surface area (Å²) in [5, 5.41) is 2.93. The minimum atomic E-state index is -3.45. The number of carbonyl (C=O) groups is 1. The highest BCUT2D eigenvalue weighted by Gasteiger charge is 2.44. The first-order chi connectivity index (χ1) is 15.2. The van der Waals surface area contributed by atoms with Gasteiger partial charge in [0.15, 0.2) is 11.6 Å². The molecule has 0 aromatic carbocycles. The first-order valence-electron chi connectivity index (χ1n) is 11.2. The second-order valence-electron chi connectivity index (χ2n) is 8.97. The normalized spacial score (nSPS) is 31.7. The van der Waals surface area contributed by atoms with Crippen LogP contribution in [-0.4, -0.2) is 74.6 Å². The Hall–Kier alpha value is -1.98. The van der Waals surface area contributed by atoms with Crippen molar-refractivity contribution >= 4 is 21.9 Å². The summed E-state index contributed by atoms with van der Waals surface area (Å²) in [4.78, 5) is 18.9. The number of fused-ring (bicyclic) bond motifs is 7. The minimum absolute atomic E-state index is 0.0184. The lowest BCUT2D eigenvalue weighted by molar-refractivity contribution is -0.0103. The first kappa shape index (κ1) is 23.2. The molecule has 178 valence electrons. The van der Waals surface area contributed by atoms with Gasteiger partial charge in [-0.05, 0) is 51.2 Å². The average molecular weight is 471 g/mol. The van der Waals surface area contributed by atoms with Crippen LogP contribution in [0.2, 0.25) is 0 Å². The molecule has 1 aliphatic carbocycles. The number of hydrogen-bond acceptors (Lipinski definition) is 7. The number of aromatic nitrogens is 1. The van der Waals surface area contributed by atoms with Crippen LogP contribution in [0.15, 0.2) is 12.1 Å². The van der Waals surface area contributed by atoms with Gasteiger partial charge < -0.3 is 14.8 Å². The third-order valence-electron chi connectivity index (χ3n) is 6.55. The Kier molecular flexibility index (Phi) is 6.87. The fourth-order valence-electron chi connectivity index (χ4n) is 5.02. The zero-order chi connectivity index (χ0) is 22.9. The van der Waals surface area contributed by atoms with Gasteiger partial charge in [0.2, 0.25) is 10.0 Å². The van der Waals surface area contributed by atoms with Crippen molar-refractivity contribution in [3.63, 3.8) is 0 Å². The third-order valence-corrected chi connectivity index (χ3v) is 7.28. The molecule has 0 radical (unpaired) electrons. The molecule has 1 amide bonds. The topological polar surface area (TPSA) is 110 Å². The molecule has 4 bridgehead atoms. The molecule has 3 aliphatic heterocycles. The molecular weight excluding hydrogens is 439 g/mol. The van der Waals surface area contributed by atoms with Crippen LogP contribution >= 0.6 is 0 Å². The number of anilines is 1. The van der Waals surface area contributed by atoms with E-state index in [-0.39, 0.29) is 43.6 Å². The minimum Gasteiger partial charge on any atom is -0.448 e. The summed E-state index contributed by atoms with van der Waals surface area (Å²) in [5.41, 5.74) is 0.852. The Morgan fingerprint density at radius 3 is 2.72 bits per heavy atom. The Labute approximate surface area is 188 Å². The summed E-state index contributed by atoms with van der Waals surface area (Å²) in [6, 6.07) is 2.04. The van der Waals surface area contributed by atoms with Gasteiger partial charge in [0, 0.05) is 23.7 Å². The van der Waals surface area contributed by atoms with Gasteiger partial charge in [-0.15, -0.1) is 0 Å². The number of nitrogens with zero attached hydrogens (tertiary/aromatic N) is 2. The van der Waals surface area contributed by atoms with Gasteiger partial charge in [-0.3, -0.25) is 4.90 Å². The van der Waals surface area contributed by atoms with E-state index in [1.54, 1.807) is 11.0 Å². The number of pyridine rings is 1. The molecule has 1 aromatic rings. The van der Waals surface area contributed by atoms with Crippen LogP contribution < -0.4 is 10.0 Å². The van der Waals surface area contributed by atoms with Crippen molar-refractivity contribution in [2.24, 2.45) is 0 Å². The van der Waals surface area contributed by atoms with E-state index < -0.39 is 34.0 Å². The molecule has 1 aromatic heterocycles. The Balaban J connectivity index is 1.55. The maximum Gasteiger partial charge on any atom is 0.410 e. The molecule has 2 fully saturated rings. The summed E-state index contributed by atoms with van der Waals surface area (Å²) in [6.45, 7) is 2.33. The molecule has 5 rings (SSSR count). The van der Waals surface area contributed by atoms with Gasteiger partial charge in [-0.1, -0.05) is 0 Å². The van der Waals surface area contributed by atoms with Crippen molar-refractivity contribution in [3.8, 4) is 0 Å². The van der Waals surface area contributed by atoms with E-state index in [0.29, 0.717) is 6.42 Å². The van der Waals surface area contributed by atoms with Crippen LogP contribution in [0.4, 0.5) is 15.0 Å². The molecule has 9 nitrogen and oxygen atoms in total. The van der Waals surface area contributed by atoms with Gasteiger partial charge in [-0.2, -0.15) is 0 Å². The van der Waals surface area contributed by atoms with Crippen molar-refractivity contribution in [1.82, 2.24) is 14.6 Å².